The van der Waals surface area contributed by atoms with E-state index in [4.69, 9.17) is 23.2 Å². The normalized spacial score (nSPS) is 15.6. The third kappa shape index (κ3) is 2.10. The van der Waals surface area contributed by atoms with Gasteiger partial charge in [-0.25, -0.2) is 0 Å². The number of halogens is 2. The Labute approximate surface area is 93.0 Å². The minimum absolute atomic E-state index is 0.111. The number of benzene rings is 1. The molecule has 0 atom stereocenters. The van der Waals surface area contributed by atoms with Gasteiger partial charge in [0.2, 0.25) is 0 Å². The van der Waals surface area contributed by atoms with Crippen LogP contribution < -0.4 is 0 Å². The first-order chi connectivity index (χ1) is 6.68. The van der Waals surface area contributed by atoms with E-state index in [0.29, 0.717) is 27.9 Å². The molecule has 2 rings (SSSR count). The van der Waals surface area contributed by atoms with Crippen molar-refractivity contribution in [1.82, 2.24) is 0 Å². The van der Waals surface area contributed by atoms with Gasteiger partial charge in [-0.1, -0.05) is 29.3 Å². The Bertz CT molecular complexity index is 370. The van der Waals surface area contributed by atoms with Gasteiger partial charge in [-0.05, 0) is 30.9 Å². The van der Waals surface area contributed by atoms with Gasteiger partial charge in [0.15, 0.2) is 5.78 Å². The molecular weight excluding hydrogens is 219 g/mol. The third-order valence-electron chi connectivity index (χ3n) is 2.42. The molecule has 3 heteroatoms. The molecule has 0 aliphatic heterocycles. The van der Waals surface area contributed by atoms with E-state index in [0.717, 1.165) is 0 Å². The summed E-state index contributed by atoms with van der Waals surface area (Å²) >= 11 is 11.8. The summed E-state index contributed by atoms with van der Waals surface area (Å²) in [6, 6.07) is 5.19. The lowest BCUT2D eigenvalue weighted by atomic mass is 10.1. The van der Waals surface area contributed by atoms with Crippen LogP contribution in [0.15, 0.2) is 18.2 Å². The van der Waals surface area contributed by atoms with Crippen LogP contribution in [0.25, 0.3) is 0 Å². The van der Waals surface area contributed by atoms with Crippen molar-refractivity contribution in [3.8, 4) is 0 Å². The minimum atomic E-state index is 0.111. The fraction of sp³-hybridized carbons (Fsp3) is 0.364. The van der Waals surface area contributed by atoms with Crippen LogP contribution in [0.3, 0.4) is 0 Å². The number of carbonyl (C=O) groups excluding carboxylic acids is 1. The van der Waals surface area contributed by atoms with Crippen LogP contribution in [0, 0.1) is 5.92 Å². The molecule has 0 radical (unpaired) electrons. The molecule has 0 N–H and O–H groups in total. The lowest BCUT2D eigenvalue weighted by molar-refractivity contribution is 0.0976. The van der Waals surface area contributed by atoms with Crippen molar-refractivity contribution < 1.29 is 4.79 Å². The fourth-order valence-electron chi connectivity index (χ4n) is 1.41. The quantitative estimate of drug-likeness (QED) is 0.716. The summed E-state index contributed by atoms with van der Waals surface area (Å²) in [5.41, 5.74) is 0.561. The molecule has 0 unspecified atom stereocenters. The lowest BCUT2D eigenvalue weighted by Crippen LogP contribution is -2.00. The van der Waals surface area contributed by atoms with Gasteiger partial charge in [0.1, 0.15) is 0 Å². The van der Waals surface area contributed by atoms with Crippen LogP contribution in [-0.2, 0) is 0 Å². The van der Waals surface area contributed by atoms with Gasteiger partial charge in [-0.15, -0.1) is 0 Å². The van der Waals surface area contributed by atoms with E-state index in [1.54, 1.807) is 18.2 Å². The maximum absolute atomic E-state index is 11.7. The van der Waals surface area contributed by atoms with Crippen molar-refractivity contribution in [1.29, 1.82) is 0 Å². The van der Waals surface area contributed by atoms with Gasteiger partial charge in [-0.2, -0.15) is 0 Å². The number of hydrogen-bond donors (Lipinski definition) is 0. The van der Waals surface area contributed by atoms with E-state index in [-0.39, 0.29) is 5.78 Å². The summed E-state index contributed by atoms with van der Waals surface area (Å²) in [7, 11) is 0. The molecule has 0 bridgehead atoms. The Morgan fingerprint density at radius 2 is 2.07 bits per heavy atom. The highest BCUT2D eigenvalue weighted by Gasteiger charge is 2.25. The summed E-state index contributed by atoms with van der Waals surface area (Å²) in [6.07, 6.45) is 2.95. The van der Waals surface area contributed by atoms with Crippen molar-refractivity contribution in [2.45, 2.75) is 19.3 Å². The molecule has 1 aliphatic rings. The summed E-state index contributed by atoms with van der Waals surface area (Å²) in [6.45, 7) is 0. The zero-order chi connectivity index (χ0) is 10.1. The van der Waals surface area contributed by atoms with E-state index in [1.165, 1.54) is 12.8 Å². The Kier molecular flexibility index (Phi) is 2.80. The SMILES string of the molecule is O=C(CC1CC1)c1cccc(Cl)c1Cl. The first-order valence-electron chi connectivity index (χ1n) is 4.65. The highest BCUT2D eigenvalue weighted by Crippen LogP contribution is 2.35. The Morgan fingerprint density at radius 3 is 2.71 bits per heavy atom. The number of hydrogen-bond acceptors (Lipinski definition) is 1. The van der Waals surface area contributed by atoms with Gasteiger partial charge in [-0.3, -0.25) is 4.79 Å². The Balaban J connectivity index is 2.21. The minimum Gasteiger partial charge on any atom is -0.294 e. The summed E-state index contributed by atoms with van der Waals surface area (Å²) < 4.78 is 0. The highest BCUT2D eigenvalue weighted by atomic mass is 35.5. The monoisotopic (exact) mass is 228 g/mol. The molecule has 74 valence electrons. The summed E-state index contributed by atoms with van der Waals surface area (Å²) in [5.74, 6) is 0.692. The number of ketones is 1. The van der Waals surface area contributed by atoms with E-state index >= 15 is 0 Å². The standard InChI is InChI=1S/C11H10Cl2O/c12-9-3-1-2-8(11(9)13)10(14)6-7-4-5-7/h1-3,7H,4-6H2. The molecule has 1 saturated carbocycles. The maximum Gasteiger partial charge on any atom is 0.164 e. The van der Waals surface area contributed by atoms with Crippen molar-refractivity contribution in [2.75, 3.05) is 0 Å². The van der Waals surface area contributed by atoms with Gasteiger partial charge in [0.25, 0.3) is 0 Å². The molecule has 1 aromatic carbocycles. The molecule has 1 nitrogen and oxygen atoms in total. The molecule has 0 heterocycles. The highest BCUT2D eigenvalue weighted by molar-refractivity contribution is 6.43. The molecular formula is C11H10Cl2O. The molecule has 1 aromatic rings. The van der Waals surface area contributed by atoms with Crippen LogP contribution in [0.2, 0.25) is 10.0 Å². The number of carbonyl (C=O) groups is 1. The van der Waals surface area contributed by atoms with Crippen LogP contribution in [0.1, 0.15) is 29.6 Å². The first-order valence-corrected chi connectivity index (χ1v) is 5.41. The molecule has 1 aliphatic carbocycles. The van der Waals surface area contributed by atoms with Crippen molar-refractivity contribution >= 4 is 29.0 Å². The Morgan fingerprint density at radius 1 is 1.36 bits per heavy atom. The van der Waals surface area contributed by atoms with E-state index in [2.05, 4.69) is 0 Å². The number of Topliss-reactive ketones (excluding diaryl/α,β-unsaturated/α-hetero) is 1. The Hall–Kier alpha value is -0.530. The topological polar surface area (TPSA) is 17.1 Å². The molecule has 14 heavy (non-hydrogen) atoms. The zero-order valence-corrected chi connectivity index (χ0v) is 9.11. The first kappa shape index (κ1) is 10.0. The zero-order valence-electron chi connectivity index (χ0n) is 7.59. The molecule has 0 aromatic heterocycles. The van der Waals surface area contributed by atoms with Crippen molar-refractivity contribution in [3.63, 3.8) is 0 Å². The van der Waals surface area contributed by atoms with Gasteiger partial charge in [0, 0.05) is 12.0 Å². The van der Waals surface area contributed by atoms with E-state index in [9.17, 15) is 4.79 Å². The van der Waals surface area contributed by atoms with Crippen molar-refractivity contribution in [2.24, 2.45) is 5.92 Å². The molecule has 0 spiro atoms. The van der Waals surface area contributed by atoms with Crippen molar-refractivity contribution in [3.05, 3.63) is 33.8 Å². The predicted octanol–water partition coefficient (Wildman–Crippen LogP) is 3.98. The molecule has 0 saturated heterocycles. The van der Waals surface area contributed by atoms with Gasteiger partial charge < -0.3 is 0 Å². The summed E-state index contributed by atoms with van der Waals surface area (Å²) in [5, 5.41) is 0.841. The second-order valence-electron chi connectivity index (χ2n) is 3.67. The smallest absolute Gasteiger partial charge is 0.164 e. The second-order valence-corrected chi connectivity index (χ2v) is 4.46. The molecule has 0 amide bonds. The van der Waals surface area contributed by atoms with Crippen LogP contribution in [0.5, 0.6) is 0 Å². The van der Waals surface area contributed by atoms with E-state index < -0.39 is 0 Å². The second kappa shape index (κ2) is 3.92. The van der Waals surface area contributed by atoms with Crippen LogP contribution in [0.4, 0.5) is 0 Å². The lowest BCUT2D eigenvalue weighted by Gasteiger charge is -2.03. The third-order valence-corrected chi connectivity index (χ3v) is 3.24. The van der Waals surface area contributed by atoms with E-state index in [1.807, 2.05) is 0 Å². The predicted molar refractivity (Wildman–Crippen MR) is 58.1 cm³/mol. The average molecular weight is 229 g/mol. The largest absolute Gasteiger partial charge is 0.294 e. The van der Waals surface area contributed by atoms with Gasteiger partial charge >= 0.3 is 0 Å². The van der Waals surface area contributed by atoms with Crippen LogP contribution in [-0.4, -0.2) is 5.78 Å². The maximum atomic E-state index is 11.7. The van der Waals surface area contributed by atoms with Crippen LogP contribution >= 0.6 is 23.2 Å². The van der Waals surface area contributed by atoms with Gasteiger partial charge in [0.05, 0.1) is 10.0 Å². The average Bonchev–Trinajstić information content (AvgIpc) is 2.93. The summed E-state index contributed by atoms with van der Waals surface area (Å²) in [4.78, 5) is 11.7. The fourth-order valence-corrected chi connectivity index (χ4v) is 1.82. The molecule has 1 fully saturated rings. The number of rotatable bonds is 3.